The quantitative estimate of drug-likeness (QED) is 0.341. The Morgan fingerprint density at radius 1 is 1.39 bits per heavy atom. The van der Waals surface area contributed by atoms with Crippen LogP contribution in [0.3, 0.4) is 0 Å². The van der Waals surface area contributed by atoms with Crippen LogP contribution >= 0.6 is 11.6 Å². The molecule has 0 aliphatic carbocycles. The molecule has 0 saturated heterocycles. The van der Waals surface area contributed by atoms with Crippen LogP contribution in [0.15, 0.2) is 29.9 Å². The highest BCUT2D eigenvalue weighted by Gasteiger charge is 2.12. The van der Waals surface area contributed by atoms with Crippen molar-refractivity contribution in [1.29, 1.82) is 0 Å². The Labute approximate surface area is 139 Å². The minimum Gasteiger partial charge on any atom is -0.493 e. The van der Waals surface area contributed by atoms with Gasteiger partial charge in [-0.05, 0) is 24.6 Å². The molecule has 2 N–H and O–H groups in total. The maximum Gasteiger partial charge on any atom is 0.329 e. The van der Waals surface area contributed by atoms with Crippen molar-refractivity contribution in [2.24, 2.45) is 5.10 Å². The summed E-state index contributed by atoms with van der Waals surface area (Å²) in [6.07, 6.45) is 2.80. The fourth-order valence-corrected chi connectivity index (χ4v) is 1.83. The summed E-state index contributed by atoms with van der Waals surface area (Å²) in [5.74, 6) is -0.811. The largest absolute Gasteiger partial charge is 0.493 e. The number of nitrogens with zero attached hydrogens (tertiary/aromatic N) is 1. The molecule has 23 heavy (non-hydrogen) atoms. The van der Waals surface area contributed by atoms with Gasteiger partial charge < -0.3 is 14.8 Å². The Morgan fingerprint density at radius 2 is 2.13 bits per heavy atom. The molecule has 0 unspecified atom stereocenters. The number of benzene rings is 1. The Balaban J connectivity index is 2.77. The number of hydrogen-bond donors (Lipinski definition) is 2. The fourth-order valence-electron chi connectivity index (χ4n) is 1.56. The third kappa shape index (κ3) is 5.63. The van der Waals surface area contributed by atoms with Gasteiger partial charge in [-0.25, -0.2) is 5.43 Å². The van der Waals surface area contributed by atoms with E-state index in [1.165, 1.54) is 19.4 Å². The van der Waals surface area contributed by atoms with Gasteiger partial charge in [0.2, 0.25) is 0 Å². The molecule has 0 spiro atoms. The molecule has 0 bridgehead atoms. The molecule has 1 aromatic rings. The molecule has 0 aliphatic rings. The predicted molar refractivity (Wildman–Crippen MR) is 88.1 cm³/mol. The average molecular weight is 340 g/mol. The predicted octanol–water partition coefficient (Wildman–Crippen LogP) is 1.50. The van der Waals surface area contributed by atoms with Crippen LogP contribution in [0, 0.1) is 0 Å². The van der Waals surface area contributed by atoms with Gasteiger partial charge in [0.15, 0.2) is 11.5 Å². The van der Waals surface area contributed by atoms with Gasteiger partial charge in [0.25, 0.3) is 0 Å². The van der Waals surface area contributed by atoms with Crippen LogP contribution in [-0.4, -0.2) is 38.3 Å². The first-order chi connectivity index (χ1) is 11.0. The van der Waals surface area contributed by atoms with E-state index >= 15 is 0 Å². The maximum absolute atomic E-state index is 11.4. The zero-order valence-corrected chi connectivity index (χ0v) is 13.6. The summed E-state index contributed by atoms with van der Waals surface area (Å²) in [5.41, 5.74) is 2.68. The van der Waals surface area contributed by atoms with Crippen molar-refractivity contribution < 1.29 is 19.1 Å². The summed E-state index contributed by atoms with van der Waals surface area (Å²) in [6.45, 7) is 5.90. The lowest BCUT2D eigenvalue weighted by Gasteiger charge is -2.11. The summed E-state index contributed by atoms with van der Waals surface area (Å²) < 4.78 is 10.6. The molecule has 2 amide bonds. The molecule has 1 aromatic carbocycles. The molecule has 0 radical (unpaired) electrons. The Morgan fingerprint density at radius 3 is 2.74 bits per heavy atom. The monoisotopic (exact) mass is 339 g/mol. The minimum atomic E-state index is -0.882. The van der Waals surface area contributed by atoms with Gasteiger partial charge in [-0.1, -0.05) is 17.7 Å². The van der Waals surface area contributed by atoms with Gasteiger partial charge in [-0.15, -0.1) is 6.58 Å². The smallest absolute Gasteiger partial charge is 0.329 e. The van der Waals surface area contributed by atoms with Crippen molar-refractivity contribution in [3.05, 3.63) is 35.4 Å². The highest BCUT2D eigenvalue weighted by molar-refractivity contribution is 6.35. The van der Waals surface area contributed by atoms with E-state index in [0.717, 1.165) is 0 Å². The van der Waals surface area contributed by atoms with E-state index in [2.05, 4.69) is 22.4 Å². The van der Waals surface area contributed by atoms with Crippen molar-refractivity contribution in [2.75, 3.05) is 20.3 Å². The summed E-state index contributed by atoms with van der Waals surface area (Å²) in [7, 11) is 1.49. The highest BCUT2D eigenvalue weighted by Crippen LogP contribution is 2.35. The van der Waals surface area contributed by atoms with Crippen LogP contribution in [0.1, 0.15) is 12.5 Å². The van der Waals surface area contributed by atoms with Crippen LogP contribution in [0.4, 0.5) is 0 Å². The fraction of sp³-hybridized carbons (Fsp3) is 0.267. The van der Waals surface area contributed by atoms with Crippen LogP contribution < -0.4 is 20.2 Å². The van der Waals surface area contributed by atoms with Crippen molar-refractivity contribution in [2.45, 2.75) is 6.92 Å². The molecular weight excluding hydrogens is 322 g/mol. The highest BCUT2D eigenvalue weighted by atomic mass is 35.5. The van der Waals surface area contributed by atoms with Gasteiger partial charge in [0.05, 0.1) is 25.0 Å². The van der Waals surface area contributed by atoms with Crippen LogP contribution in [0.2, 0.25) is 5.02 Å². The first kappa shape index (κ1) is 18.5. The van der Waals surface area contributed by atoms with Crippen molar-refractivity contribution in [3.8, 4) is 11.5 Å². The van der Waals surface area contributed by atoms with E-state index < -0.39 is 11.8 Å². The average Bonchev–Trinajstić information content (AvgIpc) is 2.54. The lowest BCUT2D eigenvalue weighted by atomic mass is 10.2. The molecular formula is C15H18ClN3O4. The molecule has 0 aliphatic heterocycles. The van der Waals surface area contributed by atoms with Gasteiger partial charge >= 0.3 is 11.8 Å². The third-order valence-electron chi connectivity index (χ3n) is 2.53. The molecule has 7 nitrogen and oxygen atoms in total. The molecule has 1 rings (SSSR count). The second kappa shape index (κ2) is 9.47. The summed E-state index contributed by atoms with van der Waals surface area (Å²) in [4.78, 5) is 22.7. The van der Waals surface area contributed by atoms with Gasteiger partial charge in [0.1, 0.15) is 0 Å². The number of hydrogen-bond acceptors (Lipinski definition) is 5. The lowest BCUT2D eigenvalue weighted by molar-refractivity contribution is -0.139. The maximum atomic E-state index is 11.4. The molecule has 0 fully saturated rings. The SMILES string of the molecule is C=CCNC(=O)C(=O)N/N=C\c1cc(Cl)c(OCC)c(OC)c1. The lowest BCUT2D eigenvalue weighted by Crippen LogP contribution is -2.37. The Hall–Kier alpha value is -2.54. The van der Waals surface area contributed by atoms with E-state index in [0.29, 0.717) is 28.7 Å². The second-order valence-corrected chi connectivity index (χ2v) is 4.57. The van der Waals surface area contributed by atoms with Crippen molar-refractivity contribution >= 4 is 29.6 Å². The Bertz CT molecular complexity index is 617. The first-order valence-electron chi connectivity index (χ1n) is 6.75. The number of carbonyl (C=O) groups excluding carboxylic acids is 2. The van der Waals surface area contributed by atoms with Crippen LogP contribution in [0.25, 0.3) is 0 Å². The van der Waals surface area contributed by atoms with Crippen molar-refractivity contribution in [3.63, 3.8) is 0 Å². The van der Waals surface area contributed by atoms with E-state index in [1.54, 1.807) is 12.1 Å². The van der Waals surface area contributed by atoms with Crippen LogP contribution in [-0.2, 0) is 9.59 Å². The van der Waals surface area contributed by atoms with Gasteiger partial charge in [-0.2, -0.15) is 5.10 Å². The van der Waals surface area contributed by atoms with E-state index in [-0.39, 0.29) is 6.54 Å². The standard InChI is InChI=1S/C15H18ClN3O4/c1-4-6-17-14(20)15(21)19-18-9-10-7-11(16)13(23-5-2)12(8-10)22-3/h4,7-9H,1,5-6H2,2-3H3,(H,17,20)(H,19,21)/b18-9-. The molecule has 8 heteroatoms. The van der Waals surface area contributed by atoms with E-state index in [1.807, 2.05) is 6.92 Å². The van der Waals surface area contributed by atoms with E-state index in [4.69, 9.17) is 21.1 Å². The summed E-state index contributed by atoms with van der Waals surface area (Å²) >= 11 is 6.11. The number of nitrogens with one attached hydrogen (secondary N) is 2. The second-order valence-electron chi connectivity index (χ2n) is 4.16. The summed E-state index contributed by atoms with van der Waals surface area (Å²) in [6, 6.07) is 3.24. The number of ether oxygens (including phenoxy) is 2. The normalized spacial score (nSPS) is 10.2. The third-order valence-corrected chi connectivity index (χ3v) is 2.81. The molecule has 124 valence electrons. The number of carbonyl (C=O) groups is 2. The zero-order chi connectivity index (χ0) is 17.2. The number of rotatable bonds is 7. The molecule has 0 atom stereocenters. The molecule has 0 aromatic heterocycles. The molecule has 0 saturated carbocycles. The number of halogens is 1. The molecule has 0 heterocycles. The minimum absolute atomic E-state index is 0.196. The summed E-state index contributed by atoms with van der Waals surface area (Å²) in [5, 5.41) is 6.38. The van der Waals surface area contributed by atoms with Crippen LogP contribution in [0.5, 0.6) is 11.5 Å². The number of methoxy groups -OCH3 is 1. The van der Waals surface area contributed by atoms with Gasteiger partial charge in [-0.3, -0.25) is 9.59 Å². The topological polar surface area (TPSA) is 89.0 Å². The zero-order valence-electron chi connectivity index (χ0n) is 12.9. The Kier molecular flexibility index (Phi) is 7.62. The van der Waals surface area contributed by atoms with Gasteiger partial charge in [0, 0.05) is 6.54 Å². The van der Waals surface area contributed by atoms with Crippen molar-refractivity contribution in [1.82, 2.24) is 10.7 Å². The number of hydrazone groups is 1. The number of amides is 2. The first-order valence-corrected chi connectivity index (χ1v) is 7.13. The van der Waals surface area contributed by atoms with E-state index in [9.17, 15) is 9.59 Å².